The molecule has 0 saturated heterocycles. The number of amides is 1. The Morgan fingerprint density at radius 3 is 2.48 bits per heavy atom. The topological polar surface area (TPSA) is 98.0 Å². The Morgan fingerprint density at radius 2 is 1.90 bits per heavy atom. The number of rotatable bonds is 3. The van der Waals surface area contributed by atoms with Crippen molar-refractivity contribution in [2.24, 2.45) is 0 Å². The number of nitro benzene ring substituents is 1. The van der Waals surface area contributed by atoms with Crippen molar-refractivity contribution in [2.45, 2.75) is 6.92 Å². The predicted molar refractivity (Wildman–Crippen MR) is 77.8 cm³/mol. The van der Waals surface area contributed by atoms with Gasteiger partial charge in [-0.25, -0.2) is 9.97 Å². The van der Waals surface area contributed by atoms with Crippen molar-refractivity contribution in [3.63, 3.8) is 0 Å². The molecule has 1 amide bonds. The third-order valence-corrected chi connectivity index (χ3v) is 3.24. The summed E-state index contributed by atoms with van der Waals surface area (Å²) < 4.78 is 0. The number of aryl methyl sites for hydroxylation is 1. The average Bonchev–Trinajstić information content (AvgIpc) is 2.42. The van der Waals surface area contributed by atoms with Crippen molar-refractivity contribution >= 4 is 40.5 Å². The lowest BCUT2D eigenvalue weighted by Gasteiger charge is -2.09. The minimum Gasteiger partial charge on any atom is -0.317 e. The van der Waals surface area contributed by atoms with Crippen molar-refractivity contribution in [3.05, 3.63) is 56.1 Å². The van der Waals surface area contributed by atoms with E-state index in [0.29, 0.717) is 5.56 Å². The summed E-state index contributed by atoms with van der Waals surface area (Å²) in [5, 5.41) is 13.3. The van der Waals surface area contributed by atoms with Crippen LogP contribution in [0.15, 0.2) is 24.5 Å². The van der Waals surface area contributed by atoms with Crippen LogP contribution in [-0.4, -0.2) is 20.8 Å². The highest BCUT2D eigenvalue weighted by Gasteiger charge is 2.23. The maximum absolute atomic E-state index is 12.3. The molecule has 0 fully saturated rings. The van der Waals surface area contributed by atoms with E-state index in [4.69, 9.17) is 23.2 Å². The molecule has 7 nitrogen and oxygen atoms in total. The van der Waals surface area contributed by atoms with Gasteiger partial charge in [-0.1, -0.05) is 35.3 Å². The van der Waals surface area contributed by atoms with Crippen LogP contribution in [0.3, 0.4) is 0 Å². The van der Waals surface area contributed by atoms with Crippen LogP contribution in [-0.2, 0) is 0 Å². The molecular weight excluding hydrogens is 319 g/mol. The maximum atomic E-state index is 12.3. The van der Waals surface area contributed by atoms with Gasteiger partial charge >= 0.3 is 0 Å². The number of carbonyl (C=O) groups excluding carboxylic acids is 1. The number of carbonyl (C=O) groups is 1. The summed E-state index contributed by atoms with van der Waals surface area (Å²) in [6.45, 7) is 1.59. The second-order valence-corrected chi connectivity index (χ2v) is 4.73. The van der Waals surface area contributed by atoms with Gasteiger partial charge in [-0.2, -0.15) is 0 Å². The Bertz CT molecular complexity index is 716. The van der Waals surface area contributed by atoms with Gasteiger partial charge in [0, 0.05) is 6.07 Å². The highest BCUT2D eigenvalue weighted by atomic mass is 35.5. The van der Waals surface area contributed by atoms with Gasteiger partial charge in [0.25, 0.3) is 11.6 Å². The van der Waals surface area contributed by atoms with Crippen LogP contribution in [0.4, 0.5) is 11.4 Å². The van der Waals surface area contributed by atoms with Crippen LogP contribution in [0, 0.1) is 17.0 Å². The lowest BCUT2D eigenvalue weighted by atomic mass is 10.1. The Morgan fingerprint density at radius 1 is 1.29 bits per heavy atom. The van der Waals surface area contributed by atoms with Crippen LogP contribution in [0.2, 0.25) is 10.3 Å². The molecule has 0 bridgehead atoms. The Kier molecular flexibility index (Phi) is 4.35. The van der Waals surface area contributed by atoms with Crippen molar-refractivity contribution in [1.82, 2.24) is 9.97 Å². The molecule has 2 rings (SSSR count). The van der Waals surface area contributed by atoms with E-state index < -0.39 is 10.8 Å². The second-order valence-electron chi connectivity index (χ2n) is 4.01. The van der Waals surface area contributed by atoms with Gasteiger partial charge < -0.3 is 5.32 Å². The van der Waals surface area contributed by atoms with E-state index in [2.05, 4.69) is 15.3 Å². The summed E-state index contributed by atoms with van der Waals surface area (Å²) in [6.07, 6.45) is 1.14. The monoisotopic (exact) mass is 326 g/mol. The van der Waals surface area contributed by atoms with Crippen LogP contribution in [0.25, 0.3) is 0 Å². The number of nitrogens with one attached hydrogen (secondary N) is 1. The van der Waals surface area contributed by atoms with Crippen molar-refractivity contribution in [1.29, 1.82) is 0 Å². The highest BCUT2D eigenvalue weighted by molar-refractivity contribution is 6.38. The van der Waals surface area contributed by atoms with Gasteiger partial charge in [0.1, 0.15) is 17.6 Å². The van der Waals surface area contributed by atoms with Gasteiger partial charge in [-0.3, -0.25) is 14.9 Å². The van der Waals surface area contributed by atoms with Gasteiger partial charge in [0.15, 0.2) is 10.3 Å². The molecule has 108 valence electrons. The molecule has 1 heterocycles. The first-order valence-corrected chi connectivity index (χ1v) is 6.38. The van der Waals surface area contributed by atoms with Crippen molar-refractivity contribution in [2.75, 3.05) is 5.32 Å². The zero-order valence-electron chi connectivity index (χ0n) is 10.6. The Balaban J connectivity index is 2.45. The van der Waals surface area contributed by atoms with Crippen LogP contribution in [0.5, 0.6) is 0 Å². The molecular formula is C12H8Cl2N4O3. The normalized spacial score (nSPS) is 10.2. The largest absolute Gasteiger partial charge is 0.317 e. The first kappa shape index (κ1) is 15.1. The number of nitrogens with zero attached hydrogens (tertiary/aromatic N) is 3. The Hall–Kier alpha value is -2.25. The van der Waals surface area contributed by atoms with Crippen LogP contribution in [0.1, 0.15) is 15.9 Å². The standard InChI is InChI=1S/C12H8Cl2N4O3/c1-6-3-2-4-7(18(20)21)8(6)12(19)17-9-10(13)15-5-16-11(9)14/h2-5H,1H3,(H,17,19). The first-order valence-electron chi connectivity index (χ1n) is 5.63. The number of anilines is 1. The molecule has 21 heavy (non-hydrogen) atoms. The van der Waals surface area contributed by atoms with E-state index in [1.54, 1.807) is 13.0 Å². The molecule has 0 unspecified atom stereocenters. The molecule has 0 aliphatic carbocycles. The molecule has 0 radical (unpaired) electrons. The molecule has 0 saturated carbocycles. The number of aromatic nitrogens is 2. The fourth-order valence-corrected chi connectivity index (χ4v) is 2.13. The lowest BCUT2D eigenvalue weighted by Crippen LogP contribution is -2.16. The van der Waals surface area contributed by atoms with Crippen LogP contribution >= 0.6 is 23.2 Å². The van der Waals surface area contributed by atoms with Crippen molar-refractivity contribution in [3.8, 4) is 0 Å². The van der Waals surface area contributed by atoms with Crippen molar-refractivity contribution < 1.29 is 9.72 Å². The molecule has 1 aromatic heterocycles. The number of hydrogen-bond donors (Lipinski definition) is 1. The van der Waals surface area contributed by atoms with Crippen LogP contribution < -0.4 is 5.32 Å². The summed E-state index contributed by atoms with van der Waals surface area (Å²) in [7, 11) is 0. The molecule has 2 aromatic rings. The highest BCUT2D eigenvalue weighted by Crippen LogP contribution is 2.28. The summed E-state index contributed by atoms with van der Waals surface area (Å²) in [5.41, 5.74) is 0.0734. The smallest absolute Gasteiger partial charge is 0.282 e. The van der Waals surface area contributed by atoms with E-state index in [9.17, 15) is 14.9 Å². The quantitative estimate of drug-likeness (QED) is 0.530. The lowest BCUT2D eigenvalue weighted by molar-refractivity contribution is -0.385. The number of hydrogen-bond acceptors (Lipinski definition) is 5. The minimum atomic E-state index is -0.710. The van der Waals surface area contributed by atoms with E-state index in [-0.39, 0.29) is 27.2 Å². The second kappa shape index (κ2) is 6.02. The predicted octanol–water partition coefficient (Wildman–Crippen LogP) is 3.25. The van der Waals surface area contributed by atoms with E-state index in [1.165, 1.54) is 12.1 Å². The summed E-state index contributed by atoms with van der Waals surface area (Å²) in [4.78, 5) is 30.0. The SMILES string of the molecule is Cc1cccc([N+](=O)[O-])c1C(=O)Nc1c(Cl)ncnc1Cl. The van der Waals surface area contributed by atoms with Gasteiger partial charge in [-0.05, 0) is 12.5 Å². The number of nitro groups is 1. The summed E-state index contributed by atoms with van der Waals surface area (Å²) >= 11 is 11.6. The van der Waals surface area contributed by atoms with E-state index in [0.717, 1.165) is 6.33 Å². The van der Waals surface area contributed by atoms with E-state index in [1.807, 2.05) is 0 Å². The average molecular weight is 327 g/mol. The minimum absolute atomic E-state index is 0.00313. The third kappa shape index (κ3) is 3.09. The molecule has 1 aromatic carbocycles. The molecule has 0 aliphatic heterocycles. The zero-order chi connectivity index (χ0) is 15.6. The summed E-state index contributed by atoms with van der Waals surface area (Å²) in [6, 6.07) is 4.33. The molecule has 1 N–H and O–H groups in total. The number of benzene rings is 1. The Labute approximate surface area is 129 Å². The maximum Gasteiger partial charge on any atom is 0.282 e. The number of halogens is 2. The zero-order valence-corrected chi connectivity index (χ0v) is 12.1. The molecule has 0 atom stereocenters. The molecule has 9 heteroatoms. The third-order valence-electron chi connectivity index (χ3n) is 2.67. The first-order chi connectivity index (χ1) is 9.91. The molecule has 0 aliphatic rings. The fraction of sp³-hybridized carbons (Fsp3) is 0.0833. The fourth-order valence-electron chi connectivity index (χ4n) is 1.72. The van der Waals surface area contributed by atoms with Gasteiger partial charge in [-0.15, -0.1) is 0 Å². The van der Waals surface area contributed by atoms with Gasteiger partial charge in [0.05, 0.1) is 4.92 Å². The molecule has 0 spiro atoms. The van der Waals surface area contributed by atoms with E-state index >= 15 is 0 Å². The van der Waals surface area contributed by atoms with Gasteiger partial charge in [0.2, 0.25) is 0 Å². The summed E-state index contributed by atoms with van der Waals surface area (Å²) in [5.74, 6) is -0.710.